The van der Waals surface area contributed by atoms with E-state index in [2.05, 4.69) is 5.92 Å². The van der Waals surface area contributed by atoms with Gasteiger partial charge in [0, 0.05) is 0 Å². The second-order valence-electron chi connectivity index (χ2n) is 1.89. The van der Waals surface area contributed by atoms with Crippen LogP contribution in [0, 0.1) is 12.3 Å². The minimum absolute atomic E-state index is 0.166. The molecule has 0 radical (unpaired) electrons. The van der Waals surface area contributed by atoms with Gasteiger partial charge >= 0.3 is 8.03 Å². The van der Waals surface area contributed by atoms with Crippen molar-refractivity contribution in [1.29, 1.82) is 0 Å². The molecule has 56 valence electrons. The molecular weight excluding hydrogens is 147 g/mol. The molecule has 1 unspecified atom stereocenters. The van der Waals surface area contributed by atoms with Gasteiger partial charge in [-0.25, -0.2) is 0 Å². The third-order valence-electron chi connectivity index (χ3n) is 0.986. The van der Waals surface area contributed by atoms with Gasteiger partial charge in [-0.1, -0.05) is 19.3 Å². The summed E-state index contributed by atoms with van der Waals surface area (Å²) in [4.78, 5) is 0. The molecule has 0 heterocycles. The minimum Gasteiger partial charge on any atom is -0.133 e. The van der Waals surface area contributed by atoms with Gasteiger partial charge in [0.15, 0.2) is 12.8 Å². The lowest BCUT2D eigenvalue weighted by atomic mass is 10.4. The average Bonchev–Trinajstić information content (AvgIpc) is 1.97. The minimum atomic E-state index is -1.48. The van der Waals surface area contributed by atoms with Crippen LogP contribution in [-0.2, 0) is 9.09 Å². The van der Waals surface area contributed by atoms with Gasteiger partial charge in [-0.15, -0.1) is 10.9 Å². The molecule has 0 rings (SSSR count). The zero-order valence-corrected chi connectivity index (χ0v) is 7.06. The van der Waals surface area contributed by atoms with Crippen LogP contribution >= 0.6 is 8.03 Å². The average molecular weight is 159 g/mol. The number of hydrogen-bond acceptors (Lipinski definition) is 2. The van der Waals surface area contributed by atoms with Crippen molar-refractivity contribution < 1.29 is 9.09 Å². The number of hydrogen-bond donors (Lipinski definition) is 0. The molecule has 0 N–H and O–H groups in total. The highest BCUT2D eigenvalue weighted by atomic mass is 31.1. The van der Waals surface area contributed by atoms with Crippen molar-refractivity contribution in [3.05, 3.63) is 0 Å². The summed E-state index contributed by atoms with van der Waals surface area (Å²) in [5.41, 5.74) is 0. The van der Waals surface area contributed by atoms with E-state index >= 15 is 0 Å². The second-order valence-corrected chi connectivity index (χ2v) is 3.26. The summed E-state index contributed by atoms with van der Waals surface area (Å²) in [6.07, 6.45) is 7.52. The van der Waals surface area contributed by atoms with Crippen molar-refractivity contribution in [2.24, 2.45) is 0 Å². The maximum Gasteiger partial charge on any atom is 0.509 e. The largest absolute Gasteiger partial charge is 0.509 e. The van der Waals surface area contributed by atoms with Crippen LogP contribution in [0.25, 0.3) is 0 Å². The lowest BCUT2D eigenvalue weighted by Crippen LogP contribution is -1.84. The van der Waals surface area contributed by atoms with Gasteiger partial charge in [-0.3, -0.25) is 0 Å². The molecule has 0 aliphatic carbocycles. The molecule has 0 spiro atoms. The summed E-state index contributed by atoms with van der Waals surface area (Å²) in [7, 11) is -1.48. The van der Waals surface area contributed by atoms with E-state index in [1.165, 1.54) is 0 Å². The maximum absolute atomic E-state index is 10.8. The van der Waals surface area contributed by atoms with Gasteiger partial charge in [0.2, 0.25) is 0 Å². The molecule has 0 saturated heterocycles. The van der Waals surface area contributed by atoms with E-state index in [0.717, 1.165) is 12.8 Å². The molecule has 3 heteroatoms. The number of rotatable bonds is 5. The van der Waals surface area contributed by atoms with Crippen molar-refractivity contribution in [1.82, 2.24) is 0 Å². The van der Waals surface area contributed by atoms with Crippen LogP contribution in [0.15, 0.2) is 0 Å². The lowest BCUT2D eigenvalue weighted by molar-refractivity contribution is 0.376. The molecule has 0 fully saturated rings. The molecule has 0 aliphatic rings. The fraction of sp³-hybridized carbons (Fsp3) is 0.714. The van der Waals surface area contributed by atoms with Crippen LogP contribution < -0.4 is 0 Å². The molecule has 2 nitrogen and oxygen atoms in total. The van der Waals surface area contributed by atoms with Crippen molar-refractivity contribution in [2.45, 2.75) is 19.8 Å². The fourth-order valence-electron chi connectivity index (χ4n) is 0.461. The van der Waals surface area contributed by atoms with Crippen LogP contribution in [0.5, 0.6) is 0 Å². The Kier molecular flexibility index (Phi) is 6.48. The van der Waals surface area contributed by atoms with E-state index in [-0.39, 0.29) is 6.61 Å². The van der Waals surface area contributed by atoms with E-state index in [1.54, 1.807) is 0 Å². The first-order valence-electron chi connectivity index (χ1n) is 3.32. The standard InChI is InChI=1S/C7H12O2P/c1-3-5-7-10(8)9-6-4-2/h2H,3,5-7H2,1H3/q+1. The SMILES string of the molecule is C#CCO[P+](=O)CCCC. The van der Waals surface area contributed by atoms with Gasteiger partial charge in [0.25, 0.3) is 0 Å². The van der Waals surface area contributed by atoms with Crippen molar-refractivity contribution in [3.63, 3.8) is 0 Å². The van der Waals surface area contributed by atoms with Crippen LogP contribution in [0.2, 0.25) is 0 Å². The number of unbranched alkanes of at least 4 members (excludes halogenated alkanes) is 1. The Morgan fingerprint density at radius 1 is 1.70 bits per heavy atom. The van der Waals surface area contributed by atoms with Gasteiger partial charge < -0.3 is 0 Å². The Morgan fingerprint density at radius 2 is 2.40 bits per heavy atom. The molecule has 0 saturated carbocycles. The molecule has 0 amide bonds. The van der Waals surface area contributed by atoms with E-state index in [4.69, 9.17) is 10.9 Å². The highest BCUT2D eigenvalue weighted by Crippen LogP contribution is 2.22. The Morgan fingerprint density at radius 3 is 2.90 bits per heavy atom. The van der Waals surface area contributed by atoms with Crippen molar-refractivity contribution in [3.8, 4) is 12.3 Å². The molecule has 0 aliphatic heterocycles. The van der Waals surface area contributed by atoms with Crippen molar-refractivity contribution >= 4 is 8.03 Å². The summed E-state index contributed by atoms with van der Waals surface area (Å²) >= 11 is 0. The molecular formula is C7H12O2P+. The quantitative estimate of drug-likeness (QED) is 0.454. The summed E-state index contributed by atoms with van der Waals surface area (Å²) in [6.45, 7) is 2.21. The summed E-state index contributed by atoms with van der Waals surface area (Å²) < 4.78 is 15.6. The zero-order chi connectivity index (χ0) is 7.82. The Balaban J connectivity index is 3.19. The van der Waals surface area contributed by atoms with Gasteiger partial charge in [0.05, 0.1) is 0 Å². The molecule has 0 aromatic heterocycles. The predicted octanol–water partition coefficient (Wildman–Crippen LogP) is 2.18. The molecule has 0 bridgehead atoms. The van der Waals surface area contributed by atoms with Crippen LogP contribution in [0.1, 0.15) is 19.8 Å². The summed E-state index contributed by atoms with van der Waals surface area (Å²) in [5.74, 6) is 2.27. The highest BCUT2D eigenvalue weighted by Gasteiger charge is 2.14. The molecule has 0 aromatic carbocycles. The normalized spacial score (nSPS) is 10.6. The van der Waals surface area contributed by atoms with Crippen LogP contribution in [-0.4, -0.2) is 12.8 Å². The third kappa shape index (κ3) is 5.75. The van der Waals surface area contributed by atoms with E-state index in [1.807, 2.05) is 6.92 Å². The fourth-order valence-corrected chi connectivity index (χ4v) is 1.38. The molecule has 0 aromatic rings. The lowest BCUT2D eigenvalue weighted by Gasteiger charge is -1.83. The first-order chi connectivity index (χ1) is 4.81. The Labute approximate surface area is 62.8 Å². The van der Waals surface area contributed by atoms with Crippen molar-refractivity contribution in [2.75, 3.05) is 12.8 Å². The Hall–Kier alpha value is -0.380. The van der Waals surface area contributed by atoms with Gasteiger partial charge in [0.1, 0.15) is 0 Å². The predicted molar refractivity (Wildman–Crippen MR) is 42.2 cm³/mol. The van der Waals surface area contributed by atoms with Gasteiger partial charge in [-0.05, 0) is 11.0 Å². The summed E-state index contributed by atoms with van der Waals surface area (Å²) in [5, 5.41) is 0. The van der Waals surface area contributed by atoms with E-state index in [0.29, 0.717) is 6.16 Å². The first kappa shape index (κ1) is 9.62. The van der Waals surface area contributed by atoms with E-state index in [9.17, 15) is 4.57 Å². The Bertz CT molecular complexity index is 137. The van der Waals surface area contributed by atoms with Crippen LogP contribution in [0.4, 0.5) is 0 Å². The third-order valence-corrected chi connectivity index (χ3v) is 2.08. The molecule has 10 heavy (non-hydrogen) atoms. The monoisotopic (exact) mass is 159 g/mol. The molecule has 1 atom stereocenters. The topological polar surface area (TPSA) is 26.3 Å². The maximum atomic E-state index is 10.8. The second kappa shape index (κ2) is 6.74. The first-order valence-corrected chi connectivity index (χ1v) is 4.68. The van der Waals surface area contributed by atoms with E-state index < -0.39 is 8.03 Å². The zero-order valence-electron chi connectivity index (χ0n) is 6.17. The van der Waals surface area contributed by atoms with Crippen LogP contribution in [0.3, 0.4) is 0 Å². The smallest absolute Gasteiger partial charge is 0.133 e. The number of terminal acetylenes is 1. The highest BCUT2D eigenvalue weighted by molar-refractivity contribution is 7.39. The van der Waals surface area contributed by atoms with Gasteiger partial charge in [-0.2, -0.15) is 0 Å². The summed E-state index contributed by atoms with van der Waals surface area (Å²) in [6, 6.07) is 0.